The number of aryl methyl sites for hydroxylation is 1. The van der Waals surface area contributed by atoms with E-state index in [2.05, 4.69) is 27.9 Å². The van der Waals surface area contributed by atoms with Gasteiger partial charge in [0.1, 0.15) is 5.02 Å². The summed E-state index contributed by atoms with van der Waals surface area (Å²) in [5.74, 6) is 0.631. The lowest BCUT2D eigenvalue weighted by atomic mass is 10.1. The number of nitrogens with zero attached hydrogens (tertiary/aromatic N) is 3. The molecule has 6 heteroatoms. The largest absolute Gasteiger partial charge is 0.467 e. The Labute approximate surface area is 129 Å². The molecule has 2 N–H and O–H groups in total. The van der Waals surface area contributed by atoms with Crippen molar-refractivity contribution < 1.29 is 4.74 Å². The number of para-hydroxylation sites is 1. The first-order chi connectivity index (χ1) is 10.2. The number of hydrogen-bond acceptors (Lipinski definition) is 5. The number of rotatable bonds is 6. The molecule has 0 fully saturated rings. The van der Waals surface area contributed by atoms with Crippen LogP contribution < -0.4 is 15.4 Å². The second kappa shape index (κ2) is 7.24. The van der Waals surface area contributed by atoms with Crippen LogP contribution in [0, 0.1) is 6.92 Å². The zero-order valence-electron chi connectivity index (χ0n) is 12.2. The van der Waals surface area contributed by atoms with Crippen molar-refractivity contribution in [1.29, 1.82) is 0 Å². The minimum absolute atomic E-state index is 0.292. The highest BCUT2D eigenvalue weighted by Gasteiger charge is 2.17. The van der Waals surface area contributed by atoms with Crippen LogP contribution in [-0.2, 0) is 0 Å². The summed E-state index contributed by atoms with van der Waals surface area (Å²) in [6.45, 7) is 3.38. The van der Waals surface area contributed by atoms with Gasteiger partial charge in [0, 0.05) is 12.2 Å². The number of benzene rings is 1. The average molecular weight is 307 g/mol. The van der Waals surface area contributed by atoms with Crippen molar-refractivity contribution in [2.75, 3.05) is 25.1 Å². The quantitative estimate of drug-likeness (QED) is 0.889. The van der Waals surface area contributed by atoms with Gasteiger partial charge in [-0.25, -0.2) is 4.98 Å². The van der Waals surface area contributed by atoms with E-state index in [0.717, 1.165) is 24.2 Å². The highest BCUT2D eigenvalue weighted by Crippen LogP contribution is 2.32. The zero-order valence-corrected chi connectivity index (χ0v) is 13.0. The third kappa shape index (κ3) is 3.62. The van der Waals surface area contributed by atoms with E-state index in [1.165, 1.54) is 7.11 Å². The summed E-state index contributed by atoms with van der Waals surface area (Å²) in [5.41, 5.74) is 7.84. The molecule has 2 aromatic rings. The molecule has 0 aliphatic rings. The second-order valence-electron chi connectivity index (χ2n) is 4.61. The lowest BCUT2D eigenvalue weighted by molar-refractivity contribution is 0.380. The molecule has 0 amide bonds. The lowest BCUT2D eigenvalue weighted by Crippen LogP contribution is -2.23. The van der Waals surface area contributed by atoms with Gasteiger partial charge in [-0.2, -0.15) is 4.98 Å². The van der Waals surface area contributed by atoms with E-state index in [4.69, 9.17) is 22.1 Å². The topological polar surface area (TPSA) is 64.3 Å². The van der Waals surface area contributed by atoms with Crippen molar-refractivity contribution in [2.45, 2.75) is 13.3 Å². The second-order valence-corrected chi connectivity index (χ2v) is 5.02. The molecule has 1 aromatic heterocycles. The fourth-order valence-corrected chi connectivity index (χ4v) is 2.28. The highest BCUT2D eigenvalue weighted by atomic mass is 35.5. The molecule has 0 spiro atoms. The summed E-state index contributed by atoms with van der Waals surface area (Å²) >= 11 is 6.28. The van der Waals surface area contributed by atoms with Crippen LogP contribution in [0.25, 0.3) is 0 Å². The Hall–Kier alpha value is -1.85. The summed E-state index contributed by atoms with van der Waals surface area (Å²) in [6, 6.07) is 8.38. The first-order valence-corrected chi connectivity index (χ1v) is 7.15. The molecule has 0 saturated heterocycles. The first-order valence-electron chi connectivity index (χ1n) is 6.77. The minimum atomic E-state index is 0.292. The fourth-order valence-electron chi connectivity index (χ4n) is 2.09. The Bertz CT molecular complexity index is 606. The molecule has 0 aliphatic carbocycles. The summed E-state index contributed by atoms with van der Waals surface area (Å²) in [4.78, 5) is 10.5. The molecular weight excluding hydrogens is 288 g/mol. The van der Waals surface area contributed by atoms with Gasteiger partial charge in [-0.05, 0) is 31.5 Å². The summed E-state index contributed by atoms with van der Waals surface area (Å²) in [5, 5.41) is 0.482. The number of nitrogens with two attached hydrogens (primary N) is 1. The predicted molar refractivity (Wildman–Crippen MR) is 85.5 cm³/mol. The SMILES string of the molecule is COc1ncc(Cl)c(N(CCCN)c2ccccc2C)n1. The van der Waals surface area contributed by atoms with Crippen molar-refractivity contribution in [3.8, 4) is 6.01 Å². The smallest absolute Gasteiger partial charge is 0.318 e. The van der Waals surface area contributed by atoms with Crippen molar-refractivity contribution in [2.24, 2.45) is 5.73 Å². The molecule has 2 rings (SSSR count). The third-order valence-electron chi connectivity index (χ3n) is 3.13. The number of ether oxygens (including phenoxy) is 1. The number of methoxy groups -OCH3 is 1. The van der Waals surface area contributed by atoms with Gasteiger partial charge < -0.3 is 15.4 Å². The van der Waals surface area contributed by atoms with Gasteiger partial charge in [0.15, 0.2) is 5.82 Å². The van der Waals surface area contributed by atoms with Crippen molar-refractivity contribution in [1.82, 2.24) is 9.97 Å². The number of halogens is 1. The monoisotopic (exact) mass is 306 g/mol. The fraction of sp³-hybridized carbons (Fsp3) is 0.333. The Kier molecular flexibility index (Phi) is 5.36. The maximum Gasteiger partial charge on any atom is 0.318 e. The van der Waals surface area contributed by atoms with E-state index in [9.17, 15) is 0 Å². The van der Waals surface area contributed by atoms with E-state index >= 15 is 0 Å². The number of hydrogen-bond donors (Lipinski definition) is 1. The Morgan fingerprint density at radius 2 is 2.10 bits per heavy atom. The molecule has 112 valence electrons. The van der Waals surface area contributed by atoms with Crippen LogP contribution in [0.1, 0.15) is 12.0 Å². The number of aromatic nitrogens is 2. The van der Waals surface area contributed by atoms with Crippen molar-refractivity contribution in [3.05, 3.63) is 41.0 Å². The van der Waals surface area contributed by atoms with Crippen LogP contribution in [0.15, 0.2) is 30.5 Å². The van der Waals surface area contributed by atoms with Gasteiger partial charge in [-0.1, -0.05) is 29.8 Å². The molecule has 1 heterocycles. The van der Waals surface area contributed by atoms with E-state index in [1.54, 1.807) is 6.20 Å². The molecule has 0 bridgehead atoms. The first kappa shape index (κ1) is 15.5. The lowest BCUT2D eigenvalue weighted by Gasteiger charge is -2.26. The Morgan fingerprint density at radius 1 is 1.33 bits per heavy atom. The molecular formula is C15H19ClN4O. The van der Waals surface area contributed by atoms with Gasteiger partial charge in [0.05, 0.1) is 13.3 Å². The van der Waals surface area contributed by atoms with E-state index in [1.807, 2.05) is 18.2 Å². The van der Waals surface area contributed by atoms with E-state index in [0.29, 0.717) is 23.4 Å². The average Bonchev–Trinajstić information content (AvgIpc) is 2.50. The van der Waals surface area contributed by atoms with Crippen LogP contribution in [0.2, 0.25) is 5.02 Å². The molecule has 0 atom stereocenters. The molecule has 0 aliphatic heterocycles. The summed E-state index contributed by atoms with van der Waals surface area (Å²) in [7, 11) is 1.53. The van der Waals surface area contributed by atoms with E-state index in [-0.39, 0.29) is 0 Å². The van der Waals surface area contributed by atoms with E-state index < -0.39 is 0 Å². The van der Waals surface area contributed by atoms with Crippen molar-refractivity contribution in [3.63, 3.8) is 0 Å². The van der Waals surface area contributed by atoms with Crippen LogP contribution in [0.4, 0.5) is 11.5 Å². The van der Waals surface area contributed by atoms with Gasteiger partial charge in [0.2, 0.25) is 0 Å². The van der Waals surface area contributed by atoms with Crippen molar-refractivity contribution >= 4 is 23.1 Å². The molecule has 0 radical (unpaired) electrons. The molecule has 5 nitrogen and oxygen atoms in total. The maximum absolute atomic E-state index is 6.28. The van der Waals surface area contributed by atoms with Gasteiger partial charge >= 0.3 is 6.01 Å². The minimum Gasteiger partial charge on any atom is -0.467 e. The highest BCUT2D eigenvalue weighted by molar-refractivity contribution is 6.33. The normalized spacial score (nSPS) is 10.5. The Morgan fingerprint density at radius 3 is 2.76 bits per heavy atom. The molecule has 0 saturated carbocycles. The van der Waals surface area contributed by atoms with Gasteiger partial charge in [0.25, 0.3) is 0 Å². The summed E-state index contributed by atoms with van der Waals surface area (Å²) in [6.07, 6.45) is 2.38. The molecule has 1 aromatic carbocycles. The van der Waals surface area contributed by atoms with Crippen LogP contribution in [0.3, 0.4) is 0 Å². The molecule has 0 unspecified atom stereocenters. The van der Waals surface area contributed by atoms with Gasteiger partial charge in [-0.15, -0.1) is 0 Å². The molecule has 21 heavy (non-hydrogen) atoms. The van der Waals surface area contributed by atoms with Crippen LogP contribution in [0.5, 0.6) is 6.01 Å². The summed E-state index contributed by atoms with van der Waals surface area (Å²) < 4.78 is 5.10. The third-order valence-corrected chi connectivity index (χ3v) is 3.40. The standard InChI is InChI=1S/C15H19ClN4O/c1-11-6-3-4-7-13(11)20(9-5-8-17)14-12(16)10-18-15(19-14)21-2/h3-4,6-7,10H,5,8-9,17H2,1-2H3. The van der Waals surface area contributed by atoms with Gasteiger partial charge in [-0.3, -0.25) is 0 Å². The Balaban J connectivity index is 2.48. The van der Waals surface area contributed by atoms with Crippen LogP contribution >= 0.6 is 11.6 Å². The van der Waals surface area contributed by atoms with Crippen LogP contribution in [-0.4, -0.2) is 30.2 Å². The zero-order chi connectivity index (χ0) is 15.2. The predicted octanol–water partition coefficient (Wildman–Crippen LogP) is 2.93. The maximum atomic E-state index is 6.28. The number of anilines is 2.